The van der Waals surface area contributed by atoms with Gasteiger partial charge in [0.25, 0.3) is 0 Å². The van der Waals surface area contributed by atoms with Gasteiger partial charge in [-0.15, -0.1) is 0 Å². The molecule has 0 saturated heterocycles. The lowest BCUT2D eigenvalue weighted by Gasteiger charge is -2.06. The highest BCUT2D eigenvalue weighted by atomic mass is 35.5. The second-order valence-corrected chi connectivity index (χ2v) is 3.66. The molecule has 1 aromatic carbocycles. The van der Waals surface area contributed by atoms with Gasteiger partial charge in [0.15, 0.2) is 0 Å². The number of nitrogens with zero attached hydrogens (tertiary/aromatic N) is 3. The summed E-state index contributed by atoms with van der Waals surface area (Å²) in [5, 5.41) is 4.07. The molecule has 0 saturated carbocycles. The number of benzene rings is 1. The predicted molar refractivity (Wildman–Crippen MR) is 58.4 cm³/mol. The molecule has 0 aliphatic rings. The molecule has 84 valence electrons. The number of hydrogen-bond donors (Lipinski definition) is 1. The van der Waals surface area contributed by atoms with Crippen LogP contribution in [0.1, 0.15) is 11.4 Å². The van der Waals surface area contributed by atoms with E-state index in [2.05, 4.69) is 10.1 Å². The van der Waals surface area contributed by atoms with Crippen molar-refractivity contribution in [1.29, 1.82) is 0 Å². The van der Waals surface area contributed by atoms with E-state index in [9.17, 15) is 4.39 Å². The van der Waals surface area contributed by atoms with Crippen molar-refractivity contribution < 1.29 is 4.39 Å². The number of rotatable bonds is 3. The topological polar surface area (TPSA) is 56.7 Å². The summed E-state index contributed by atoms with van der Waals surface area (Å²) in [4.78, 5) is 3.95. The second-order valence-electron chi connectivity index (χ2n) is 3.25. The Hall–Kier alpha value is -1.46. The Morgan fingerprint density at radius 2 is 2.25 bits per heavy atom. The van der Waals surface area contributed by atoms with Gasteiger partial charge in [-0.25, -0.2) is 14.1 Å². The number of aromatic nitrogens is 3. The Morgan fingerprint density at radius 3 is 3.00 bits per heavy atom. The highest BCUT2D eigenvalue weighted by Crippen LogP contribution is 2.18. The first-order chi connectivity index (χ1) is 7.72. The van der Waals surface area contributed by atoms with E-state index >= 15 is 0 Å². The molecule has 4 nitrogen and oxygen atoms in total. The van der Waals surface area contributed by atoms with Crippen molar-refractivity contribution in [2.24, 2.45) is 5.73 Å². The zero-order valence-electron chi connectivity index (χ0n) is 8.40. The molecule has 0 unspecified atom stereocenters. The van der Waals surface area contributed by atoms with E-state index in [0.717, 1.165) is 0 Å². The first-order valence-electron chi connectivity index (χ1n) is 4.72. The van der Waals surface area contributed by atoms with E-state index in [4.69, 9.17) is 17.3 Å². The molecule has 0 atom stereocenters. The molecule has 0 aliphatic carbocycles. The van der Waals surface area contributed by atoms with E-state index in [1.165, 1.54) is 12.4 Å². The molecule has 0 fully saturated rings. The van der Waals surface area contributed by atoms with E-state index < -0.39 is 5.82 Å². The quantitative estimate of drug-likeness (QED) is 0.886. The van der Waals surface area contributed by atoms with Crippen LogP contribution in [0.15, 0.2) is 24.5 Å². The maximum Gasteiger partial charge on any atom is 0.146 e. The van der Waals surface area contributed by atoms with Crippen LogP contribution in [0.4, 0.5) is 4.39 Å². The summed E-state index contributed by atoms with van der Waals surface area (Å²) in [5.41, 5.74) is 5.94. The molecule has 0 aliphatic heterocycles. The van der Waals surface area contributed by atoms with Crippen molar-refractivity contribution in [2.45, 2.75) is 13.1 Å². The Kier molecular flexibility index (Phi) is 3.17. The summed E-state index contributed by atoms with van der Waals surface area (Å²) in [6.45, 7) is 0.543. The lowest BCUT2D eigenvalue weighted by atomic mass is 10.2. The average molecular weight is 241 g/mol. The fraction of sp³-hybridized carbons (Fsp3) is 0.200. The largest absolute Gasteiger partial charge is 0.324 e. The Bertz CT molecular complexity index is 497. The van der Waals surface area contributed by atoms with Crippen LogP contribution >= 0.6 is 11.6 Å². The maximum absolute atomic E-state index is 13.6. The Labute approximate surface area is 96.9 Å². The van der Waals surface area contributed by atoms with Gasteiger partial charge in [-0.3, -0.25) is 0 Å². The average Bonchev–Trinajstić information content (AvgIpc) is 2.72. The molecule has 1 aromatic heterocycles. The molecular formula is C10H10ClFN4. The summed E-state index contributed by atoms with van der Waals surface area (Å²) in [5.74, 6) is 0.182. The molecule has 1 heterocycles. The van der Waals surface area contributed by atoms with Crippen LogP contribution in [0.2, 0.25) is 5.02 Å². The van der Waals surface area contributed by atoms with Crippen molar-refractivity contribution >= 4 is 11.6 Å². The highest BCUT2D eigenvalue weighted by Gasteiger charge is 2.09. The fourth-order valence-electron chi connectivity index (χ4n) is 1.41. The van der Waals surface area contributed by atoms with Gasteiger partial charge in [0, 0.05) is 5.56 Å². The van der Waals surface area contributed by atoms with E-state index in [1.54, 1.807) is 16.8 Å². The third-order valence-corrected chi connectivity index (χ3v) is 2.52. The summed E-state index contributed by atoms with van der Waals surface area (Å²) in [7, 11) is 0. The van der Waals surface area contributed by atoms with E-state index in [-0.39, 0.29) is 18.1 Å². The minimum absolute atomic E-state index is 0.104. The van der Waals surface area contributed by atoms with Gasteiger partial charge in [0.05, 0.1) is 18.1 Å². The predicted octanol–water partition coefficient (Wildman–Crippen LogP) is 1.58. The van der Waals surface area contributed by atoms with Crippen LogP contribution in [-0.4, -0.2) is 14.8 Å². The second kappa shape index (κ2) is 4.59. The molecule has 2 aromatic rings. The van der Waals surface area contributed by atoms with Gasteiger partial charge in [-0.05, 0) is 6.07 Å². The Balaban J connectivity index is 2.30. The van der Waals surface area contributed by atoms with Gasteiger partial charge >= 0.3 is 0 Å². The minimum Gasteiger partial charge on any atom is -0.324 e. The number of nitrogens with two attached hydrogens (primary N) is 1. The minimum atomic E-state index is -0.428. The SMILES string of the molecule is NCc1ncnn1Cc1cccc(Cl)c1F. The van der Waals surface area contributed by atoms with Crippen LogP contribution in [-0.2, 0) is 13.1 Å². The zero-order chi connectivity index (χ0) is 11.5. The van der Waals surface area contributed by atoms with E-state index in [0.29, 0.717) is 11.4 Å². The van der Waals surface area contributed by atoms with Crippen molar-refractivity contribution in [3.05, 3.63) is 46.8 Å². The monoisotopic (exact) mass is 240 g/mol. The molecule has 0 radical (unpaired) electrons. The fourth-order valence-corrected chi connectivity index (χ4v) is 1.60. The molecule has 2 rings (SSSR count). The van der Waals surface area contributed by atoms with Gasteiger partial charge in [0.1, 0.15) is 18.0 Å². The third kappa shape index (κ3) is 2.05. The van der Waals surface area contributed by atoms with Crippen LogP contribution < -0.4 is 5.73 Å². The number of halogens is 2. The number of hydrogen-bond acceptors (Lipinski definition) is 3. The molecule has 0 amide bonds. The molecular weight excluding hydrogens is 231 g/mol. The molecule has 16 heavy (non-hydrogen) atoms. The summed E-state index contributed by atoms with van der Waals surface area (Å²) in [6.07, 6.45) is 1.39. The van der Waals surface area contributed by atoms with Crippen molar-refractivity contribution in [3.63, 3.8) is 0 Å². The van der Waals surface area contributed by atoms with Crippen LogP contribution in [0.3, 0.4) is 0 Å². The van der Waals surface area contributed by atoms with Gasteiger partial charge in [0.2, 0.25) is 0 Å². The Morgan fingerprint density at radius 1 is 1.44 bits per heavy atom. The zero-order valence-corrected chi connectivity index (χ0v) is 9.15. The van der Waals surface area contributed by atoms with Crippen LogP contribution in [0.25, 0.3) is 0 Å². The lowest BCUT2D eigenvalue weighted by molar-refractivity contribution is 0.573. The van der Waals surface area contributed by atoms with Gasteiger partial charge < -0.3 is 5.73 Å². The third-order valence-electron chi connectivity index (χ3n) is 2.23. The molecule has 0 spiro atoms. The summed E-state index contributed by atoms with van der Waals surface area (Å²) >= 11 is 5.68. The molecule has 2 N–H and O–H groups in total. The molecule has 6 heteroatoms. The molecule has 0 bridgehead atoms. The van der Waals surface area contributed by atoms with Crippen molar-refractivity contribution in [2.75, 3.05) is 0 Å². The van der Waals surface area contributed by atoms with Crippen LogP contribution in [0.5, 0.6) is 0 Å². The van der Waals surface area contributed by atoms with E-state index in [1.807, 2.05) is 0 Å². The van der Waals surface area contributed by atoms with Gasteiger partial charge in [-0.2, -0.15) is 5.10 Å². The first kappa shape index (κ1) is 11.0. The maximum atomic E-state index is 13.6. The highest BCUT2D eigenvalue weighted by molar-refractivity contribution is 6.30. The summed E-state index contributed by atoms with van der Waals surface area (Å²) < 4.78 is 15.2. The van der Waals surface area contributed by atoms with Crippen molar-refractivity contribution in [1.82, 2.24) is 14.8 Å². The van der Waals surface area contributed by atoms with Gasteiger partial charge in [-0.1, -0.05) is 23.7 Å². The summed E-state index contributed by atoms with van der Waals surface area (Å²) in [6, 6.07) is 4.86. The first-order valence-corrected chi connectivity index (χ1v) is 5.10. The van der Waals surface area contributed by atoms with Crippen molar-refractivity contribution in [3.8, 4) is 0 Å². The smallest absolute Gasteiger partial charge is 0.146 e. The normalized spacial score (nSPS) is 10.7. The standard InChI is InChI=1S/C10H10ClFN4/c11-8-3-1-2-7(10(8)12)5-16-9(4-13)14-6-15-16/h1-3,6H,4-5,13H2. The lowest BCUT2D eigenvalue weighted by Crippen LogP contribution is -2.11. The van der Waals surface area contributed by atoms with Crippen LogP contribution in [0, 0.1) is 5.82 Å².